The molecule has 2 rings (SSSR count). The molecular weight excluding hydrogens is 427 g/mol. The van der Waals surface area contributed by atoms with Crippen LogP contribution < -0.4 is 10.6 Å². The Balaban J connectivity index is 0.00000312. The number of halogens is 1. The smallest absolute Gasteiger partial charge is 0.223 e. The molecule has 0 aliphatic carbocycles. The van der Waals surface area contributed by atoms with Gasteiger partial charge in [-0.2, -0.15) is 0 Å². The van der Waals surface area contributed by atoms with Crippen LogP contribution in [0.25, 0.3) is 0 Å². The lowest BCUT2D eigenvalue weighted by Crippen LogP contribution is -2.37. The van der Waals surface area contributed by atoms with Crippen molar-refractivity contribution in [1.82, 2.24) is 15.5 Å². The zero-order valence-electron chi connectivity index (χ0n) is 14.7. The Morgan fingerprint density at radius 3 is 2.80 bits per heavy atom. The number of hydrogen-bond donors (Lipinski definition) is 2. The number of nitrogens with one attached hydrogen (secondary N) is 2. The van der Waals surface area contributed by atoms with Gasteiger partial charge in [0.2, 0.25) is 5.91 Å². The summed E-state index contributed by atoms with van der Waals surface area (Å²) in [7, 11) is 0. The van der Waals surface area contributed by atoms with Crippen LogP contribution in [0.1, 0.15) is 18.9 Å². The van der Waals surface area contributed by atoms with E-state index in [1.54, 1.807) is 0 Å². The molecule has 1 aromatic carbocycles. The average Bonchev–Trinajstić information content (AvgIpc) is 2.96. The molecule has 0 radical (unpaired) electrons. The lowest BCUT2D eigenvalue weighted by Gasteiger charge is -2.16. The quantitative estimate of drug-likeness (QED) is 0.287. The summed E-state index contributed by atoms with van der Waals surface area (Å²) in [5.41, 5.74) is 1.26. The van der Waals surface area contributed by atoms with E-state index in [1.165, 1.54) is 5.56 Å². The lowest BCUT2D eigenvalue weighted by molar-refractivity contribution is -0.127. The Hall–Kier alpha value is -1.75. The molecular formula is C19H27IN4O. The van der Waals surface area contributed by atoms with Gasteiger partial charge in [-0.15, -0.1) is 30.4 Å². The van der Waals surface area contributed by atoms with Crippen molar-refractivity contribution < 1.29 is 4.79 Å². The van der Waals surface area contributed by atoms with Crippen LogP contribution in [0.5, 0.6) is 0 Å². The summed E-state index contributed by atoms with van der Waals surface area (Å²) in [5, 5.41) is 6.22. The first kappa shape index (κ1) is 21.3. The van der Waals surface area contributed by atoms with Crippen molar-refractivity contribution in [1.29, 1.82) is 0 Å². The average molecular weight is 454 g/mol. The van der Waals surface area contributed by atoms with Crippen molar-refractivity contribution in [2.45, 2.75) is 19.8 Å². The summed E-state index contributed by atoms with van der Waals surface area (Å²) in [5.74, 6) is 3.75. The molecule has 0 spiro atoms. The Bertz CT molecular complexity index is 597. The van der Waals surface area contributed by atoms with Crippen LogP contribution in [0.15, 0.2) is 35.3 Å². The molecule has 1 aliphatic rings. The van der Waals surface area contributed by atoms with E-state index in [-0.39, 0.29) is 35.8 Å². The van der Waals surface area contributed by atoms with E-state index in [1.807, 2.05) is 30.0 Å². The third kappa shape index (κ3) is 7.34. The van der Waals surface area contributed by atoms with Crippen LogP contribution in [0.4, 0.5) is 0 Å². The summed E-state index contributed by atoms with van der Waals surface area (Å²) in [4.78, 5) is 18.7. The number of hydrogen-bond acceptors (Lipinski definition) is 2. The second-order valence-corrected chi connectivity index (χ2v) is 5.92. The van der Waals surface area contributed by atoms with Crippen LogP contribution >= 0.6 is 24.0 Å². The molecule has 1 amide bonds. The standard InChI is InChI=1S/C19H26N4O.HI/c1-3-11-21-19(20-4-2)22-14-17-13-18(24)23(15-17)12-10-16-8-6-5-7-9-16;/h1,5-9,17H,4,10-15H2,2H3,(H2,20,21,22);1H. The zero-order chi connectivity index (χ0) is 17.2. The molecule has 0 aromatic heterocycles. The van der Waals surface area contributed by atoms with Crippen LogP contribution in [-0.4, -0.2) is 49.5 Å². The maximum Gasteiger partial charge on any atom is 0.223 e. The maximum atomic E-state index is 12.2. The van der Waals surface area contributed by atoms with Gasteiger partial charge in [-0.1, -0.05) is 36.3 Å². The van der Waals surface area contributed by atoms with E-state index in [0.717, 1.165) is 26.1 Å². The normalized spacial score (nSPS) is 17.0. The van der Waals surface area contributed by atoms with Crippen LogP contribution in [0.3, 0.4) is 0 Å². The number of carbonyl (C=O) groups is 1. The van der Waals surface area contributed by atoms with Crippen molar-refractivity contribution in [2.24, 2.45) is 10.9 Å². The molecule has 136 valence electrons. The van der Waals surface area contributed by atoms with E-state index in [9.17, 15) is 4.79 Å². The van der Waals surface area contributed by atoms with Crippen molar-refractivity contribution in [2.75, 3.05) is 32.7 Å². The van der Waals surface area contributed by atoms with Gasteiger partial charge in [0, 0.05) is 38.5 Å². The van der Waals surface area contributed by atoms with Gasteiger partial charge >= 0.3 is 0 Å². The number of aliphatic imine (C=N–C) groups is 1. The molecule has 1 aliphatic heterocycles. The first-order valence-corrected chi connectivity index (χ1v) is 8.50. The van der Waals surface area contributed by atoms with E-state index in [0.29, 0.717) is 25.5 Å². The SMILES string of the molecule is C#CCNC(=NCC1CC(=O)N(CCc2ccccc2)C1)NCC.I. The summed E-state index contributed by atoms with van der Waals surface area (Å²) in [6.07, 6.45) is 6.74. The Morgan fingerprint density at radius 2 is 2.12 bits per heavy atom. The van der Waals surface area contributed by atoms with Crippen LogP contribution in [0.2, 0.25) is 0 Å². The van der Waals surface area contributed by atoms with Gasteiger partial charge in [0.1, 0.15) is 0 Å². The van der Waals surface area contributed by atoms with Crippen molar-refractivity contribution in [3.8, 4) is 12.3 Å². The highest BCUT2D eigenvalue weighted by molar-refractivity contribution is 14.0. The molecule has 1 heterocycles. The third-order valence-electron chi connectivity index (χ3n) is 4.02. The lowest BCUT2D eigenvalue weighted by atomic mass is 10.1. The molecule has 6 heteroatoms. The second-order valence-electron chi connectivity index (χ2n) is 5.92. The van der Waals surface area contributed by atoms with Gasteiger partial charge in [-0.3, -0.25) is 9.79 Å². The van der Waals surface area contributed by atoms with E-state index in [2.05, 4.69) is 33.7 Å². The minimum absolute atomic E-state index is 0. The maximum absolute atomic E-state index is 12.2. The topological polar surface area (TPSA) is 56.7 Å². The minimum atomic E-state index is 0. The number of carbonyl (C=O) groups excluding carboxylic acids is 1. The van der Waals surface area contributed by atoms with Crippen LogP contribution in [-0.2, 0) is 11.2 Å². The number of nitrogens with zero attached hydrogens (tertiary/aromatic N) is 2. The fourth-order valence-corrected chi connectivity index (χ4v) is 2.80. The molecule has 25 heavy (non-hydrogen) atoms. The number of rotatable bonds is 7. The second kappa shape index (κ2) is 11.7. The summed E-state index contributed by atoms with van der Waals surface area (Å²) >= 11 is 0. The minimum Gasteiger partial charge on any atom is -0.357 e. The Kier molecular flexibility index (Phi) is 10.0. The molecule has 1 unspecified atom stereocenters. The molecule has 1 aromatic rings. The van der Waals surface area contributed by atoms with Gasteiger partial charge < -0.3 is 15.5 Å². The highest BCUT2D eigenvalue weighted by Gasteiger charge is 2.28. The van der Waals surface area contributed by atoms with E-state index < -0.39 is 0 Å². The van der Waals surface area contributed by atoms with Crippen molar-refractivity contribution in [3.63, 3.8) is 0 Å². The first-order chi connectivity index (χ1) is 11.7. The Morgan fingerprint density at radius 1 is 1.36 bits per heavy atom. The van der Waals surface area contributed by atoms with Crippen molar-refractivity contribution >= 4 is 35.8 Å². The number of terminal acetylenes is 1. The monoisotopic (exact) mass is 454 g/mol. The molecule has 1 saturated heterocycles. The van der Waals surface area contributed by atoms with E-state index >= 15 is 0 Å². The van der Waals surface area contributed by atoms with Crippen LogP contribution in [0, 0.1) is 18.3 Å². The van der Waals surface area contributed by atoms with E-state index in [4.69, 9.17) is 6.42 Å². The zero-order valence-corrected chi connectivity index (χ0v) is 17.0. The first-order valence-electron chi connectivity index (χ1n) is 8.50. The number of guanidine groups is 1. The molecule has 0 bridgehead atoms. The highest BCUT2D eigenvalue weighted by atomic mass is 127. The number of likely N-dealkylation sites (tertiary alicyclic amines) is 1. The predicted molar refractivity (Wildman–Crippen MR) is 113 cm³/mol. The Labute approximate surface area is 167 Å². The van der Waals surface area contributed by atoms with Gasteiger partial charge in [0.25, 0.3) is 0 Å². The van der Waals surface area contributed by atoms with Gasteiger partial charge in [0.15, 0.2) is 5.96 Å². The predicted octanol–water partition coefficient (Wildman–Crippen LogP) is 1.88. The molecule has 2 N–H and O–H groups in total. The van der Waals surface area contributed by atoms with Gasteiger partial charge in [-0.25, -0.2) is 0 Å². The fraction of sp³-hybridized carbons (Fsp3) is 0.474. The number of amides is 1. The fourth-order valence-electron chi connectivity index (χ4n) is 2.80. The summed E-state index contributed by atoms with van der Waals surface area (Å²) < 4.78 is 0. The largest absolute Gasteiger partial charge is 0.357 e. The van der Waals surface area contributed by atoms with Gasteiger partial charge in [0.05, 0.1) is 6.54 Å². The molecule has 1 atom stereocenters. The molecule has 1 fully saturated rings. The summed E-state index contributed by atoms with van der Waals surface area (Å²) in [6.45, 7) is 5.43. The number of benzene rings is 1. The van der Waals surface area contributed by atoms with Gasteiger partial charge in [-0.05, 0) is 18.9 Å². The third-order valence-corrected chi connectivity index (χ3v) is 4.02. The van der Waals surface area contributed by atoms with Crippen molar-refractivity contribution in [3.05, 3.63) is 35.9 Å². The molecule has 5 nitrogen and oxygen atoms in total. The molecule has 0 saturated carbocycles. The highest BCUT2D eigenvalue weighted by Crippen LogP contribution is 2.18. The summed E-state index contributed by atoms with van der Waals surface area (Å²) in [6, 6.07) is 10.3.